The van der Waals surface area contributed by atoms with Crippen LogP contribution in [0.1, 0.15) is 25.7 Å². The molecule has 1 heterocycles. The molecule has 1 saturated carbocycles. The first-order valence-corrected chi connectivity index (χ1v) is 5.64. The Morgan fingerprint density at radius 1 is 1.50 bits per heavy atom. The minimum atomic E-state index is -0.375. The molecule has 0 bridgehead atoms. The minimum Gasteiger partial charge on any atom is -0.391 e. The lowest BCUT2D eigenvalue weighted by Gasteiger charge is -2.28. The van der Waals surface area contributed by atoms with Gasteiger partial charge in [0.25, 0.3) is 5.56 Å². The largest absolute Gasteiger partial charge is 0.391 e. The molecule has 2 unspecified atom stereocenters. The lowest BCUT2D eigenvalue weighted by atomic mass is 9.93. The molecule has 5 heteroatoms. The third-order valence-electron chi connectivity index (χ3n) is 3.07. The first-order chi connectivity index (χ1) is 7.68. The van der Waals surface area contributed by atoms with Crippen LogP contribution in [0.4, 0.5) is 5.82 Å². The minimum absolute atomic E-state index is 0.0450. The topological polar surface area (TPSA) is 67.2 Å². The zero-order chi connectivity index (χ0) is 11.5. The molecule has 2 rings (SSSR count). The smallest absolute Gasteiger partial charge is 0.293 e. The fourth-order valence-corrected chi connectivity index (χ4v) is 2.05. The first kappa shape index (κ1) is 11.1. The SMILES string of the molecule is Cn1ccnc(NC2CCCCC2O)c1=O. The first-order valence-electron chi connectivity index (χ1n) is 5.64. The molecule has 1 aliphatic rings. The maximum Gasteiger partial charge on any atom is 0.293 e. The molecule has 16 heavy (non-hydrogen) atoms. The van der Waals surface area contributed by atoms with Gasteiger partial charge in [-0.15, -0.1) is 0 Å². The van der Waals surface area contributed by atoms with E-state index in [4.69, 9.17) is 0 Å². The van der Waals surface area contributed by atoms with Gasteiger partial charge in [-0.05, 0) is 12.8 Å². The Morgan fingerprint density at radius 2 is 2.25 bits per heavy atom. The van der Waals surface area contributed by atoms with E-state index >= 15 is 0 Å². The van der Waals surface area contributed by atoms with Gasteiger partial charge in [0.2, 0.25) is 0 Å². The number of hydrogen-bond donors (Lipinski definition) is 2. The Hall–Kier alpha value is -1.36. The van der Waals surface area contributed by atoms with Gasteiger partial charge in [0.05, 0.1) is 12.1 Å². The molecule has 0 saturated heterocycles. The molecule has 1 aromatic heterocycles. The van der Waals surface area contributed by atoms with E-state index in [-0.39, 0.29) is 17.7 Å². The number of anilines is 1. The summed E-state index contributed by atoms with van der Waals surface area (Å²) in [6.45, 7) is 0. The molecule has 1 aliphatic carbocycles. The van der Waals surface area contributed by atoms with Crippen LogP contribution in [0.5, 0.6) is 0 Å². The van der Waals surface area contributed by atoms with Crippen LogP contribution in [0.3, 0.4) is 0 Å². The number of aliphatic hydroxyl groups excluding tert-OH is 1. The van der Waals surface area contributed by atoms with E-state index in [0.29, 0.717) is 5.82 Å². The molecule has 0 aromatic carbocycles. The number of nitrogens with one attached hydrogen (secondary N) is 1. The highest BCUT2D eigenvalue weighted by atomic mass is 16.3. The van der Waals surface area contributed by atoms with Gasteiger partial charge in [-0.2, -0.15) is 0 Å². The van der Waals surface area contributed by atoms with Crippen molar-refractivity contribution in [3.63, 3.8) is 0 Å². The molecular formula is C11H17N3O2. The molecule has 5 nitrogen and oxygen atoms in total. The molecule has 0 radical (unpaired) electrons. The predicted octanol–water partition coefficient (Wildman–Crippen LogP) is 0.496. The van der Waals surface area contributed by atoms with Gasteiger partial charge in [-0.1, -0.05) is 12.8 Å². The summed E-state index contributed by atoms with van der Waals surface area (Å²) in [6.07, 6.45) is 6.65. The highest BCUT2D eigenvalue weighted by molar-refractivity contribution is 5.32. The van der Waals surface area contributed by atoms with Crippen LogP contribution in [0.25, 0.3) is 0 Å². The van der Waals surface area contributed by atoms with Crippen molar-refractivity contribution >= 4 is 5.82 Å². The Labute approximate surface area is 94.1 Å². The fraction of sp³-hybridized carbons (Fsp3) is 0.636. The summed E-state index contributed by atoms with van der Waals surface area (Å²) in [5, 5.41) is 12.8. The maximum absolute atomic E-state index is 11.7. The van der Waals surface area contributed by atoms with Crippen LogP contribution >= 0.6 is 0 Å². The van der Waals surface area contributed by atoms with E-state index in [0.717, 1.165) is 25.7 Å². The maximum atomic E-state index is 11.7. The summed E-state index contributed by atoms with van der Waals surface area (Å²) < 4.78 is 1.48. The molecule has 1 fully saturated rings. The third kappa shape index (κ3) is 2.24. The molecule has 0 aliphatic heterocycles. The van der Waals surface area contributed by atoms with Crippen molar-refractivity contribution in [2.75, 3.05) is 5.32 Å². The van der Waals surface area contributed by atoms with Crippen LogP contribution < -0.4 is 10.9 Å². The predicted molar refractivity (Wildman–Crippen MR) is 61.4 cm³/mol. The Balaban J connectivity index is 2.14. The second-order valence-electron chi connectivity index (χ2n) is 4.29. The summed E-state index contributed by atoms with van der Waals surface area (Å²) in [5.41, 5.74) is -0.153. The van der Waals surface area contributed by atoms with Crippen molar-refractivity contribution in [2.24, 2.45) is 7.05 Å². The van der Waals surface area contributed by atoms with E-state index in [1.165, 1.54) is 4.57 Å². The van der Waals surface area contributed by atoms with Gasteiger partial charge in [0.1, 0.15) is 0 Å². The standard InChI is InChI=1S/C11H17N3O2/c1-14-7-6-12-10(11(14)16)13-8-4-2-3-5-9(8)15/h6-9,15H,2-5H2,1H3,(H,12,13). The van der Waals surface area contributed by atoms with Gasteiger partial charge >= 0.3 is 0 Å². The van der Waals surface area contributed by atoms with E-state index < -0.39 is 0 Å². The van der Waals surface area contributed by atoms with Crippen LogP contribution in [0, 0.1) is 0 Å². The average molecular weight is 223 g/mol. The van der Waals surface area contributed by atoms with Crippen molar-refractivity contribution in [1.29, 1.82) is 0 Å². The molecule has 0 spiro atoms. The Morgan fingerprint density at radius 3 is 3.00 bits per heavy atom. The average Bonchev–Trinajstić information content (AvgIpc) is 2.28. The van der Waals surface area contributed by atoms with Gasteiger partial charge in [-0.3, -0.25) is 4.79 Å². The lowest BCUT2D eigenvalue weighted by Crippen LogP contribution is -2.38. The van der Waals surface area contributed by atoms with E-state index in [1.54, 1.807) is 19.4 Å². The lowest BCUT2D eigenvalue weighted by molar-refractivity contribution is 0.116. The zero-order valence-electron chi connectivity index (χ0n) is 9.39. The van der Waals surface area contributed by atoms with Crippen LogP contribution in [0.2, 0.25) is 0 Å². The van der Waals surface area contributed by atoms with Crippen molar-refractivity contribution in [3.8, 4) is 0 Å². The van der Waals surface area contributed by atoms with Gasteiger partial charge in [-0.25, -0.2) is 4.98 Å². The number of nitrogens with zero attached hydrogens (tertiary/aromatic N) is 2. The molecule has 2 atom stereocenters. The molecular weight excluding hydrogens is 206 g/mol. The molecule has 88 valence electrons. The third-order valence-corrected chi connectivity index (χ3v) is 3.07. The van der Waals surface area contributed by atoms with Gasteiger partial charge in [0.15, 0.2) is 5.82 Å². The second kappa shape index (κ2) is 4.65. The number of aryl methyl sites for hydroxylation is 1. The van der Waals surface area contributed by atoms with Crippen molar-refractivity contribution in [2.45, 2.75) is 37.8 Å². The second-order valence-corrected chi connectivity index (χ2v) is 4.29. The fourth-order valence-electron chi connectivity index (χ4n) is 2.05. The van der Waals surface area contributed by atoms with Crippen LogP contribution in [0.15, 0.2) is 17.2 Å². The van der Waals surface area contributed by atoms with Crippen molar-refractivity contribution < 1.29 is 5.11 Å². The highest BCUT2D eigenvalue weighted by Gasteiger charge is 2.23. The highest BCUT2D eigenvalue weighted by Crippen LogP contribution is 2.20. The number of aromatic nitrogens is 2. The molecule has 0 amide bonds. The molecule has 2 N–H and O–H groups in total. The zero-order valence-corrected chi connectivity index (χ0v) is 9.39. The van der Waals surface area contributed by atoms with Crippen molar-refractivity contribution in [3.05, 3.63) is 22.7 Å². The number of rotatable bonds is 2. The monoisotopic (exact) mass is 223 g/mol. The van der Waals surface area contributed by atoms with Crippen LogP contribution in [-0.4, -0.2) is 26.8 Å². The quantitative estimate of drug-likeness (QED) is 0.766. The Kier molecular flexibility index (Phi) is 3.24. The van der Waals surface area contributed by atoms with E-state index in [9.17, 15) is 9.90 Å². The summed E-state index contributed by atoms with van der Waals surface area (Å²) in [4.78, 5) is 15.7. The normalized spacial score (nSPS) is 25.4. The van der Waals surface area contributed by atoms with Gasteiger partial charge < -0.3 is 15.0 Å². The van der Waals surface area contributed by atoms with Crippen LogP contribution in [-0.2, 0) is 7.05 Å². The summed E-state index contributed by atoms with van der Waals surface area (Å²) in [7, 11) is 1.69. The van der Waals surface area contributed by atoms with E-state index in [1.807, 2.05) is 0 Å². The molecule has 1 aromatic rings. The van der Waals surface area contributed by atoms with Crippen molar-refractivity contribution in [1.82, 2.24) is 9.55 Å². The summed E-state index contributed by atoms with van der Waals surface area (Å²) >= 11 is 0. The van der Waals surface area contributed by atoms with E-state index in [2.05, 4.69) is 10.3 Å². The number of aliphatic hydroxyl groups is 1. The number of hydrogen-bond acceptors (Lipinski definition) is 4. The summed E-state index contributed by atoms with van der Waals surface area (Å²) in [6, 6.07) is -0.0450. The summed E-state index contributed by atoms with van der Waals surface area (Å²) in [5.74, 6) is 0.330. The van der Waals surface area contributed by atoms with Gasteiger partial charge in [0, 0.05) is 19.4 Å². The Bertz CT molecular complexity index is 416.